The van der Waals surface area contributed by atoms with Crippen molar-refractivity contribution in [2.75, 3.05) is 5.73 Å². The molecule has 0 spiro atoms. The Kier molecular flexibility index (Phi) is 2.03. The molecule has 1 aliphatic rings. The second-order valence-corrected chi connectivity index (χ2v) is 4.26. The molecule has 0 atom stereocenters. The molecule has 2 N–H and O–H groups in total. The highest BCUT2D eigenvalue weighted by Gasteiger charge is 2.14. The highest BCUT2D eigenvalue weighted by Crippen LogP contribution is 2.30. The molecular formula is C12H17N. The second kappa shape index (κ2) is 3.06. The number of benzene rings is 1. The molecule has 0 bridgehead atoms. The van der Waals surface area contributed by atoms with Crippen molar-refractivity contribution in [3.8, 4) is 0 Å². The van der Waals surface area contributed by atoms with Crippen molar-refractivity contribution in [1.29, 1.82) is 0 Å². The summed E-state index contributed by atoms with van der Waals surface area (Å²) in [5.74, 6) is 0.547. The van der Waals surface area contributed by atoms with Crippen LogP contribution < -0.4 is 5.73 Å². The number of hydrogen-bond acceptors (Lipinski definition) is 1. The normalized spacial score (nSPS) is 15.0. The Morgan fingerprint density at radius 1 is 1.15 bits per heavy atom. The van der Waals surface area contributed by atoms with Gasteiger partial charge < -0.3 is 5.73 Å². The van der Waals surface area contributed by atoms with E-state index in [0.29, 0.717) is 5.92 Å². The van der Waals surface area contributed by atoms with Crippen LogP contribution in [0.15, 0.2) is 12.1 Å². The van der Waals surface area contributed by atoms with Gasteiger partial charge in [0.1, 0.15) is 0 Å². The molecule has 2 rings (SSSR count). The molecule has 1 nitrogen and oxygen atoms in total. The SMILES string of the molecule is CC(C)c1cc2c(cc1N)CCC2. The quantitative estimate of drug-likeness (QED) is 0.652. The Balaban J connectivity index is 2.49. The molecule has 0 unspecified atom stereocenters. The summed E-state index contributed by atoms with van der Waals surface area (Å²) < 4.78 is 0. The van der Waals surface area contributed by atoms with E-state index in [9.17, 15) is 0 Å². The molecule has 0 amide bonds. The molecule has 0 heterocycles. The van der Waals surface area contributed by atoms with Crippen LogP contribution in [0.1, 0.15) is 42.9 Å². The fraction of sp³-hybridized carbons (Fsp3) is 0.500. The standard InChI is InChI=1S/C12H17N/c1-8(2)11-6-9-4-3-5-10(9)7-12(11)13/h6-8H,3-5,13H2,1-2H3. The third-order valence-electron chi connectivity index (χ3n) is 2.92. The van der Waals surface area contributed by atoms with Crippen LogP contribution in [-0.2, 0) is 12.8 Å². The maximum atomic E-state index is 5.99. The van der Waals surface area contributed by atoms with Gasteiger partial charge in [-0.05, 0) is 47.9 Å². The molecule has 13 heavy (non-hydrogen) atoms. The molecule has 0 aliphatic heterocycles. The number of hydrogen-bond donors (Lipinski definition) is 1. The fourth-order valence-corrected chi connectivity index (χ4v) is 2.16. The van der Waals surface area contributed by atoms with Crippen molar-refractivity contribution in [2.45, 2.75) is 39.0 Å². The van der Waals surface area contributed by atoms with Gasteiger partial charge in [0.25, 0.3) is 0 Å². The minimum atomic E-state index is 0.547. The van der Waals surface area contributed by atoms with Gasteiger partial charge in [0.05, 0.1) is 0 Å². The summed E-state index contributed by atoms with van der Waals surface area (Å²) in [6, 6.07) is 4.49. The zero-order chi connectivity index (χ0) is 9.42. The third kappa shape index (κ3) is 1.43. The zero-order valence-electron chi connectivity index (χ0n) is 8.43. The van der Waals surface area contributed by atoms with Crippen LogP contribution in [-0.4, -0.2) is 0 Å². The van der Waals surface area contributed by atoms with Crippen LogP contribution in [0.2, 0.25) is 0 Å². The van der Waals surface area contributed by atoms with E-state index in [1.54, 1.807) is 0 Å². The van der Waals surface area contributed by atoms with Crippen molar-refractivity contribution >= 4 is 5.69 Å². The monoisotopic (exact) mass is 175 g/mol. The van der Waals surface area contributed by atoms with Crippen molar-refractivity contribution in [3.05, 3.63) is 28.8 Å². The lowest BCUT2D eigenvalue weighted by Gasteiger charge is -2.11. The van der Waals surface area contributed by atoms with Gasteiger partial charge in [-0.3, -0.25) is 0 Å². The van der Waals surface area contributed by atoms with Crippen LogP contribution in [0.4, 0.5) is 5.69 Å². The molecule has 0 saturated carbocycles. The highest BCUT2D eigenvalue weighted by atomic mass is 14.6. The summed E-state index contributed by atoms with van der Waals surface area (Å²) in [6.07, 6.45) is 3.77. The van der Waals surface area contributed by atoms with Gasteiger partial charge in [0.15, 0.2) is 0 Å². The summed E-state index contributed by atoms with van der Waals surface area (Å²) in [6.45, 7) is 4.40. The van der Waals surface area contributed by atoms with Crippen LogP contribution in [0.5, 0.6) is 0 Å². The van der Waals surface area contributed by atoms with Gasteiger partial charge in [0, 0.05) is 5.69 Å². The maximum Gasteiger partial charge on any atom is 0.0352 e. The lowest BCUT2D eigenvalue weighted by atomic mass is 9.96. The molecule has 1 aliphatic carbocycles. The summed E-state index contributed by atoms with van der Waals surface area (Å²) in [7, 11) is 0. The first kappa shape index (κ1) is 8.61. The topological polar surface area (TPSA) is 26.0 Å². The molecule has 0 saturated heterocycles. The van der Waals surface area contributed by atoms with Gasteiger partial charge in [-0.1, -0.05) is 19.9 Å². The van der Waals surface area contributed by atoms with Crippen molar-refractivity contribution in [3.63, 3.8) is 0 Å². The summed E-state index contributed by atoms with van der Waals surface area (Å²) in [5, 5.41) is 0. The van der Waals surface area contributed by atoms with E-state index in [0.717, 1.165) is 5.69 Å². The van der Waals surface area contributed by atoms with E-state index in [-0.39, 0.29) is 0 Å². The van der Waals surface area contributed by atoms with Gasteiger partial charge in [-0.2, -0.15) is 0 Å². The Morgan fingerprint density at radius 3 is 2.38 bits per heavy atom. The first-order valence-electron chi connectivity index (χ1n) is 5.09. The predicted molar refractivity (Wildman–Crippen MR) is 57.0 cm³/mol. The highest BCUT2D eigenvalue weighted by molar-refractivity contribution is 5.54. The maximum absolute atomic E-state index is 5.99. The van der Waals surface area contributed by atoms with E-state index >= 15 is 0 Å². The smallest absolute Gasteiger partial charge is 0.0352 e. The lowest BCUT2D eigenvalue weighted by Crippen LogP contribution is -1.98. The summed E-state index contributed by atoms with van der Waals surface area (Å²) in [5.41, 5.74) is 11.3. The minimum absolute atomic E-state index is 0.547. The minimum Gasteiger partial charge on any atom is -0.398 e. The summed E-state index contributed by atoms with van der Waals surface area (Å²) >= 11 is 0. The Morgan fingerprint density at radius 2 is 1.77 bits per heavy atom. The molecule has 0 aromatic heterocycles. The van der Waals surface area contributed by atoms with E-state index < -0.39 is 0 Å². The molecule has 0 fully saturated rings. The largest absolute Gasteiger partial charge is 0.398 e. The Bertz CT molecular complexity index is 326. The van der Waals surface area contributed by atoms with E-state index in [2.05, 4.69) is 26.0 Å². The number of rotatable bonds is 1. The number of fused-ring (bicyclic) bond motifs is 1. The second-order valence-electron chi connectivity index (χ2n) is 4.26. The Hall–Kier alpha value is -0.980. The third-order valence-corrected chi connectivity index (χ3v) is 2.92. The first-order chi connectivity index (χ1) is 6.18. The van der Waals surface area contributed by atoms with E-state index in [1.807, 2.05) is 0 Å². The molecule has 0 radical (unpaired) electrons. The number of nitrogen functional groups attached to an aromatic ring is 1. The molecule has 1 aromatic rings. The zero-order valence-corrected chi connectivity index (χ0v) is 8.43. The lowest BCUT2D eigenvalue weighted by molar-refractivity contribution is 0.865. The number of aryl methyl sites for hydroxylation is 2. The van der Waals surface area contributed by atoms with Gasteiger partial charge in [-0.25, -0.2) is 0 Å². The van der Waals surface area contributed by atoms with Gasteiger partial charge in [0.2, 0.25) is 0 Å². The van der Waals surface area contributed by atoms with Crippen molar-refractivity contribution in [2.24, 2.45) is 0 Å². The van der Waals surface area contributed by atoms with Crippen LogP contribution in [0.3, 0.4) is 0 Å². The van der Waals surface area contributed by atoms with Gasteiger partial charge in [-0.15, -0.1) is 0 Å². The van der Waals surface area contributed by atoms with Gasteiger partial charge >= 0.3 is 0 Å². The number of nitrogens with two attached hydrogens (primary N) is 1. The van der Waals surface area contributed by atoms with Crippen LogP contribution >= 0.6 is 0 Å². The van der Waals surface area contributed by atoms with Crippen LogP contribution in [0.25, 0.3) is 0 Å². The fourth-order valence-electron chi connectivity index (χ4n) is 2.16. The molecular weight excluding hydrogens is 158 g/mol. The first-order valence-corrected chi connectivity index (χ1v) is 5.09. The molecule has 1 aromatic carbocycles. The predicted octanol–water partition coefficient (Wildman–Crippen LogP) is 2.88. The van der Waals surface area contributed by atoms with E-state index in [1.165, 1.54) is 36.0 Å². The van der Waals surface area contributed by atoms with Crippen molar-refractivity contribution in [1.82, 2.24) is 0 Å². The average molecular weight is 175 g/mol. The average Bonchev–Trinajstić information content (AvgIpc) is 2.48. The molecule has 1 heteroatoms. The van der Waals surface area contributed by atoms with Crippen molar-refractivity contribution < 1.29 is 0 Å². The molecule has 70 valence electrons. The number of anilines is 1. The Labute approximate surface area is 80.0 Å². The van der Waals surface area contributed by atoms with E-state index in [4.69, 9.17) is 5.73 Å². The van der Waals surface area contributed by atoms with Crippen LogP contribution in [0, 0.1) is 0 Å². The summed E-state index contributed by atoms with van der Waals surface area (Å²) in [4.78, 5) is 0.